The number of thioether (sulfide) groups is 1. The molecule has 1 nitrogen and oxygen atoms in total. The fourth-order valence-corrected chi connectivity index (χ4v) is 3.56. The van der Waals surface area contributed by atoms with E-state index in [4.69, 9.17) is 0 Å². The van der Waals surface area contributed by atoms with Crippen molar-refractivity contribution in [3.05, 3.63) is 0 Å². The van der Waals surface area contributed by atoms with Crippen molar-refractivity contribution in [2.24, 2.45) is 4.99 Å². The Hall–Kier alpha value is 0.0200. The van der Waals surface area contributed by atoms with Crippen LogP contribution in [0.1, 0.15) is 96.8 Å². The highest BCUT2D eigenvalue weighted by atomic mass is 32.2. The van der Waals surface area contributed by atoms with Gasteiger partial charge in [-0.3, -0.25) is 4.99 Å². The van der Waals surface area contributed by atoms with E-state index >= 15 is 0 Å². The van der Waals surface area contributed by atoms with Crippen LogP contribution >= 0.6 is 11.8 Å². The monoisotopic (exact) mass is 296 g/mol. The summed E-state index contributed by atoms with van der Waals surface area (Å²) in [5.74, 6) is 0. The van der Waals surface area contributed by atoms with Gasteiger partial charge in [0.15, 0.2) is 0 Å². The molecule has 1 unspecified atom stereocenters. The van der Waals surface area contributed by atoms with Gasteiger partial charge in [-0.25, -0.2) is 0 Å². The van der Waals surface area contributed by atoms with E-state index in [2.05, 4.69) is 17.5 Å². The van der Waals surface area contributed by atoms with Crippen molar-refractivity contribution in [1.82, 2.24) is 0 Å². The molecule has 1 heterocycles. The topological polar surface area (TPSA) is 12.4 Å². The minimum Gasteiger partial charge on any atom is -0.274 e. The number of nitrogens with zero attached hydrogens (tertiary/aromatic N) is 1. The molecule has 0 bridgehead atoms. The molecule has 1 radical (unpaired) electrons. The second-order valence-electron chi connectivity index (χ2n) is 6.20. The summed E-state index contributed by atoms with van der Waals surface area (Å²) in [6, 6.07) is 0. The van der Waals surface area contributed by atoms with Crippen molar-refractivity contribution in [2.75, 3.05) is 6.54 Å². The molecule has 0 saturated carbocycles. The molecule has 0 amide bonds. The van der Waals surface area contributed by atoms with Crippen molar-refractivity contribution in [2.45, 2.75) is 102 Å². The lowest BCUT2D eigenvalue weighted by Crippen LogP contribution is -2.01. The third-order valence-corrected chi connectivity index (χ3v) is 5.16. The Balaban J connectivity index is 1.66. The molecule has 0 saturated heterocycles. The Kier molecular flexibility index (Phi) is 12.6. The first kappa shape index (κ1) is 18.1. The van der Waals surface area contributed by atoms with E-state index in [-0.39, 0.29) is 0 Å². The van der Waals surface area contributed by atoms with Gasteiger partial charge >= 0.3 is 0 Å². The zero-order valence-electron chi connectivity index (χ0n) is 13.5. The van der Waals surface area contributed by atoms with Gasteiger partial charge in [0.05, 0.1) is 6.54 Å². The second kappa shape index (κ2) is 14.0. The van der Waals surface area contributed by atoms with Crippen LogP contribution in [-0.2, 0) is 0 Å². The third-order valence-electron chi connectivity index (χ3n) is 4.21. The van der Waals surface area contributed by atoms with Crippen LogP contribution < -0.4 is 0 Å². The van der Waals surface area contributed by atoms with Gasteiger partial charge in [-0.15, -0.1) is 0 Å². The number of unbranched alkanes of at least 4 members (excludes halogenated alkanes) is 12. The summed E-state index contributed by atoms with van der Waals surface area (Å²) in [7, 11) is 0. The Bertz CT molecular complexity index is 219. The predicted molar refractivity (Wildman–Crippen MR) is 94.0 cm³/mol. The van der Waals surface area contributed by atoms with E-state index in [9.17, 15) is 0 Å². The normalized spacial score (nSPS) is 17.9. The lowest BCUT2D eigenvalue weighted by Gasteiger charge is -2.06. The first-order valence-corrected chi connectivity index (χ1v) is 9.88. The summed E-state index contributed by atoms with van der Waals surface area (Å²) < 4.78 is 0. The smallest absolute Gasteiger partial charge is 0.123 e. The molecule has 1 rings (SSSR count). The van der Waals surface area contributed by atoms with Crippen LogP contribution in [0.15, 0.2) is 4.99 Å². The highest BCUT2D eigenvalue weighted by Gasteiger charge is 2.11. The lowest BCUT2D eigenvalue weighted by atomic mass is 10.0. The third kappa shape index (κ3) is 10.8. The predicted octanol–water partition coefficient (Wildman–Crippen LogP) is 6.49. The fraction of sp³-hybridized carbons (Fsp3) is 0.944. The van der Waals surface area contributed by atoms with Gasteiger partial charge in [-0.05, 0) is 6.42 Å². The van der Waals surface area contributed by atoms with Crippen LogP contribution in [0.5, 0.6) is 0 Å². The lowest BCUT2D eigenvalue weighted by molar-refractivity contribution is 0.534. The first-order chi connectivity index (χ1) is 9.93. The zero-order valence-corrected chi connectivity index (χ0v) is 14.4. The van der Waals surface area contributed by atoms with E-state index in [0.717, 1.165) is 11.8 Å². The van der Waals surface area contributed by atoms with Crippen LogP contribution in [0.2, 0.25) is 0 Å². The Morgan fingerprint density at radius 3 is 1.75 bits per heavy atom. The summed E-state index contributed by atoms with van der Waals surface area (Å²) in [4.78, 5) is 4.16. The Morgan fingerprint density at radius 1 is 0.800 bits per heavy atom. The summed E-state index contributed by atoms with van der Waals surface area (Å²) in [6.07, 6.45) is 20.1. The van der Waals surface area contributed by atoms with E-state index in [1.807, 2.05) is 11.8 Å². The zero-order chi connectivity index (χ0) is 14.3. The summed E-state index contributed by atoms with van der Waals surface area (Å²) in [5.41, 5.74) is 3.01. The minimum atomic E-state index is 0.753. The van der Waals surface area contributed by atoms with Crippen LogP contribution in [0.25, 0.3) is 0 Å². The van der Waals surface area contributed by atoms with Crippen molar-refractivity contribution in [3.8, 4) is 0 Å². The van der Waals surface area contributed by atoms with Gasteiger partial charge in [-0.1, -0.05) is 102 Å². The van der Waals surface area contributed by atoms with Gasteiger partial charge in [0.2, 0.25) is 0 Å². The van der Waals surface area contributed by atoms with Crippen LogP contribution in [0.4, 0.5) is 0 Å². The summed E-state index contributed by atoms with van der Waals surface area (Å²) in [6.45, 7) is 3.31. The molecule has 0 N–H and O–H groups in total. The standard InChI is InChI=1S/C18H34NS/c1-2-3-4-5-6-7-8-9-10-11-12-13-14-15-18-16-19-17-20-18/h18H,2-16H2,1H3. The fourth-order valence-electron chi connectivity index (χ4n) is 2.83. The number of aliphatic imine (C=N–C) groups is 1. The molecule has 0 fully saturated rings. The molecule has 1 aliphatic heterocycles. The number of rotatable bonds is 14. The first-order valence-electron chi connectivity index (χ1n) is 9.00. The molecule has 20 heavy (non-hydrogen) atoms. The van der Waals surface area contributed by atoms with E-state index in [1.165, 1.54) is 89.9 Å². The minimum absolute atomic E-state index is 0.753. The molecule has 2 heteroatoms. The van der Waals surface area contributed by atoms with E-state index in [1.54, 1.807) is 0 Å². The van der Waals surface area contributed by atoms with Gasteiger partial charge in [-0.2, -0.15) is 0 Å². The Labute approximate surface area is 131 Å². The van der Waals surface area contributed by atoms with Crippen molar-refractivity contribution in [1.29, 1.82) is 0 Å². The van der Waals surface area contributed by atoms with Crippen molar-refractivity contribution in [3.63, 3.8) is 0 Å². The molecular weight excluding hydrogens is 262 g/mol. The average Bonchev–Trinajstić information content (AvgIpc) is 2.97. The highest BCUT2D eigenvalue weighted by Crippen LogP contribution is 2.21. The molecule has 1 aliphatic rings. The molecule has 0 aromatic heterocycles. The largest absolute Gasteiger partial charge is 0.274 e. The van der Waals surface area contributed by atoms with Crippen molar-refractivity contribution < 1.29 is 0 Å². The van der Waals surface area contributed by atoms with Crippen LogP contribution in [-0.4, -0.2) is 17.3 Å². The summed E-state index contributed by atoms with van der Waals surface area (Å²) >= 11 is 1.81. The van der Waals surface area contributed by atoms with Gasteiger partial charge in [0, 0.05) is 5.25 Å². The van der Waals surface area contributed by atoms with Gasteiger partial charge in [0.1, 0.15) is 5.55 Å². The van der Waals surface area contributed by atoms with Crippen LogP contribution in [0, 0.1) is 0 Å². The van der Waals surface area contributed by atoms with Crippen LogP contribution in [0.3, 0.4) is 0 Å². The maximum Gasteiger partial charge on any atom is 0.123 e. The second-order valence-corrected chi connectivity index (χ2v) is 7.29. The Morgan fingerprint density at radius 2 is 1.30 bits per heavy atom. The molecule has 0 spiro atoms. The molecular formula is C18H34NS. The molecule has 0 aromatic rings. The summed E-state index contributed by atoms with van der Waals surface area (Å²) in [5, 5.41) is 0.753. The highest BCUT2D eigenvalue weighted by molar-refractivity contribution is 8.12. The van der Waals surface area contributed by atoms with E-state index < -0.39 is 0 Å². The molecule has 0 aromatic carbocycles. The number of hydrogen-bond donors (Lipinski definition) is 0. The maximum absolute atomic E-state index is 4.16. The SMILES string of the molecule is CCCCCCCCCCCCCCCC1CN=[C]S1. The molecule has 117 valence electrons. The van der Waals surface area contributed by atoms with E-state index in [0.29, 0.717) is 0 Å². The maximum atomic E-state index is 4.16. The van der Waals surface area contributed by atoms with Crippen molar-refractivity contribution >= 4 is 17.3 Å². The number of hydrogen-bond acceptors (Lipinski definition) is 2. The molecule has 0 aliphatic carbocycles. The van der Waals surface area contributed by atoms with Gasteiger partial charge in [0.25, 0.3) is 0 Å². The van der Waals surface area contributed by atoms with Gasteiger partial charge < -0.3 is 0 Å². The average molecular weight is 297 g/mol. The molecule has 1 atom stereocenters. The quantitative estimate of drug-likeness (QED) is 0.334.